The van der Waals surface area contributed by atoms with Crippen molar-refractivity contribution in [2.45, 2.75) is 32.9 Å². The van der Waals surface area contributed by atoms with Crippen molar-refractivity contribution in [3.63, 3.8) is 0 Å². The van der Waals surface area contributed by atoms with E-state index in [9.17, 15) is 9.59 Å². The first kappa shape index (κ1) is 21.3. The summed E-state index contributed by atoms with van der Waals surface area (Å²) < 4.78 is 0.416. The standard InChI is InChI=1S/C23H24N2O2S2/c1-23(2,3)25(15-18-12-8-5-9-13-18)20(26)16-24-21(27)19(29-22(24)28)14-17-10-6-4-7-11-17/h4-14H,15-16H2,1-3H3/b19-14-. The van der Waals surface area contributed by atoms with Crippen molar-refractivity contribution in [3.8, 4) is 0 Å². The summed E-state index contributed by atoms with van der Waals surface area (Å²) in [6.45, 7) is 6.41. The van der Waals surface area contributed by atoms with Gasteiger partial charge in [-0.15, -0.1) is 0 Å². The van der Waals surface area contributed by atoms with Gasteiger partial charge in [0, 0.05) is 12.1 Å². The highest BCUT2D eigenvalue weighted by Crippen LogP contribution is 2.32. The molecule has 2 aromatic rings. The maximum Gasteiger partial charge on any atom is 0.266 e. The fraction of sp³-hybridized carbons (Fsp3) is 0.261. The Kier molecular flexibility index (Phi) is 6.55. The summed E-state index contributed by atoms with van der Waals surface area (Å²) in [4.78, 5) is 29.8. The second kappa shape index (κ2) is 8.93. The van der Waals surface area contributed by atoms with E-state index in [1.807, 2.05) is 87.5 Å². The van der Waals surface area contributed by atoms with Crippen LogP contribution >= 0.6 is 24.0 Å². The fourth-order valence-corrected chi connectivity index (χ4v) is 4.28. The third-order valence-corrected chi connectivity index (χ3v) is 5.94. The van der Waals surface area contributed by atoms with E-state index in [4.69, 9.17) is 12.2 Å². The van der Waals surface area contributed by atoms with Crippen LogP contribution in [0.4, 0.5) is 0 Å². The molecule has 6 heteroatoms. The van der Waals surface area contributed by atoms with Gasteiger partial charge in [0.25, 0.3) is 5.91 Å². The lowest BCUT2D eigenvalue weighted by Gasteiger charge is -2.36. The second-order valence-electron chi connectivity index (χ2n) is 7.81. The number of nitrogens with zero attached hydrogens (tertiary/aromatic N) is 2. The molecule has 0 bridgehead atoms. The first-order valence-corrected chi connectivity index (χ1v) is 10.6. The summed E-state index contributed by atoms with van der Waals surface area (Å²) in [7, 11) is 0. The molecule has 0 unspecified atom stereocenters. The molecule has 0 radical (unpaired) electrons. The molecule has 1 aliphatic heterocycles. The zero-order valence-corrected chi connectivity index (χ0v) is 18.4. The van der Waals surface area contributed by atoms with Crippen LogP contribution in [0.3, 0.4) is 0 Å². The number of benzene rings is 2. The normalized spacial score (nSPS) is 15.8. The Morgan fingerprint density at radius 2 is 1.66 bits per heavy atom. The molecule has 0 saturated carbocycles. The van der Waals surface area contributed by atoms with Crippen molar-refractivity contribution in [1.29, 1.82) is 0 Å². The number of amides is 2. The SMILES string of the molecule is CC(C)(C)N(Cc1ccccc1)C(=O)CN1C(=O)/C(=C/c2ccccc2)SC1=S. The van der Waals surface area contributed by atoms with Crippen molar-refractivity contribution in [2.75, 3.05) is 6.54 Å². The molecule has 29 heavy (non-hydrogen) atoms. The van der Waals surface area contributed by atoms with Gasteiger partial charge in [0.05, 0.1) is 4.91 Å². The van der Waals surface area contributed by atoms with Crippen LogP contribution in [0.2, 0.25) is 0 Å². The largest absolute Gasteiger partial charge is 0.332 e. The van der Waals surface area contributed by atoms with Crippen LogP contribution in [0, 0.1) is 0 Å². The maximum absolute atomic E-state index is 13.2. The van der Waals surface area contributed by atoms with E-state index in [1.165, 1.54) is 16.7 Å². The predicted molar refractivity (Wildman–Crippen MR) is 123 cm³/mol. The summed E-state index contributed by atoms with van der Waals surface area (Å²) in [5.74, 6) is -0.343. The third kappa shape index (κ3) is 5.34. The van der Waals surface area contributed by atoms with Gasteiger partial charge < -0.3 is 4.90 Å². The van der Waals surface area contributed by atoms with Crippen LogP contribution in [-0.4, -0.2) is 38.0 Å². The number of hydrogen-bond donors (Lipinski definition) is 0. The van der Waals surface area contributed by atoms with E-state index in [-0.39, 0.29) is 23.9 Å². The van der Waals surface area contributed by atoms with Crippen molar-refractivity contribution in [3.05, 3.63) is 76.7 Å². The highest BCUT2D eigenvalue weighted by Gasteiger charge is 2.36. The smallest absolute Gasteiger partial charge is 0.266 e. The molecule has 0 aliphatic carbocycles. The Labute approximate surface area is 181 Å². The van der Waals surface area contributed by atoms with Crippen LogP contribution in [0.25, 0.3) is 6.08 Å². The fourth-order valence-electron chi connectivity index (χ4n) is 3.02. The molecule has 0 spiro atoms. The molecular formula is C23H24N2O2S2. The number of rotatable bonds is 5. The summed E-state index contributed by atoms with van der Waals surface area (Å²) in [5.41, 5.74) is 1.59. The topological polar surface area (TPSA) is 40.6 Å². The molecule has 0 N–H and O–H groups in total. The molecule has 150 valence electrons. The minimum Gasteiger partial charge on any atom is -0.332 e. The number of carbonyl (C=O) groups excluding carboxylic acids is 2. The second-order valence-corrected chi connectivity index (χ2v) is 9.49. The summed E-state index contributed by atoms with van der Waals surface area (Å²) >= 11 is 6.64. The lowest BCUT2D eigenvalue weighted by Crippen LogP contribution is -2.49. The van der Waals surface area contributed by atoms with Gasteiger partial charge in [-0.05, 0) is 38.0 Å². The Morgan fingerprint density at radius 3 is 2.24 bits per heavy atom. The molecular weight excluding hydrogens is 400 g/mol. The highest BCUT2D eigenvalue weighted by molar-refractivity contribution is 8.26. The number of carbonyl (C=O) groups is 2. The molecule has 1 fully saturated rings. The van der Waals surface area contributed by atoms with E-state index in [1.54, 1.807) is 4.90 Å². The Bertz CT molecular complexity index is 934. The minimum atomic E-state index is -0.382. The lowest BCUT2D eigenvalue weighted by atomic mass is 10.0. The highest BCUT2D eigenvalue weighted by atomic mass is 32.2. The van der Waals surface area contributed by atoms with Gasteiger partial charge in [-0.3, -0.25) is 14.5 Å². The average molecular weight is 425 g/mol. The van der Waals surface area contributed by atoms with Crippen LogP contribution in [0.1, 0.15) is 31.9 Å². The van der Waals surface area contributed by atoms with Crippen LogP contribution in [0.5, 0.6) is 0 Å². The van der Waals surface area contributed by atoms with E-state index in [0.29, 0.717) is 15.8 Å². The third-order valence-electron chi connectivity index (χ3n) is 4.56. The number of thioether (sulfide) groups is 1. The average Bonchev–Trinajstić information content (AvgIpc) is 2.94. The minimum absolute atomic E-state index is 0.0547. The van der Waals surface area contributed by atoms with Gasteiger partial charge in [0.2, 0.25) is 5.91 Å². The van der Waals surface area contributed by atoms with Gasteiger partial charge in [-0.2, -0.15) is 0 Å². The van der Waals surface area contributed by atoms with E-state index >= 15 is 0 Å². The van der Waals surface area contributed by atoms with Crippen LogP contribution < -0.4 is 0 Å². The first-order valence-electron chi connectivity index (χ1n) is 9.40. The Balaban J connectivity index is 1.76. The molecule has 1 aliphatic rings. The van der Waals surface area contributed by atoms with E-state index < -0.39 is 0 Å². The van der Waals surface area contributed by atoms with Gasteiger partial charge >= 0.3 is 0 Å². The van der Waals surface area contributed by atoms with Crippen molar-refractivity contribution < 1.29 is 9.59 Å². The summed E-state index contributed by atoms with van der Waals surface area (Å²) in [5, 5.41) is 0. The van der Waals surface area contributed by atoms with Crippen molar-refractivity contribution in [2.24, 2.45) is 0 Å². The predicted octanol–water partition coefficient (Wildman–Crippen LogP) is 4.72. The quantitative estimate of drug-likeness (QED) is 0.515. The molecule has 3 rings (SSSR count). The molecule has 1 heterocycles. The zero-order chi connectivity index (χ0) is 21.0. The maximum atomic E-state index is 13.2. The Morgan fingerprint density at radius 1 is 1.07 bits per heavy atom. The molecule has 2 amide bonds. The molecule has 0 aromatic heterocycles. The van der Waals surface area contributed by atoms with Gasteiger partial charge in [0.1, 0.15) is 10.9 Å². The van der Waals surface area contributed by atoms with Gasteiger partial charge in [-0.25, -0.2) is 0 Å². The van der Waals surface area contributed by atoms with Crippen LogP contribution in [-0.2, 0) is 16.1 Å². The summed E-state index contributed by atoms with van der Waals surface area (Å²) in [6, 6.07) is 19.5. The van der Waals surface area contributed by atoms with Crippen LogP contribution in [0.15, 0.2) is 65.6 Å². The lowest BCUT2D eigenvalue weighted by molar-refractivity contribution is -0.140. The first-order chi connectivity index (χ1) is 13.8. The Hall–Kier alpha value is -2.44. The van der Waals surface area contributed by atoms with Crippen molar-refractivity contribution >= 4 is 46.2 Å². The molecule has 4 nitrogen and oxygen atoms in total. The molecule has 0 atom stereocenters. The van der Waals surface area contributed by atoms with Crippen molar-refractivity contribution in [1.82, 2.24) is 9.80 Å². The van der Waals surface area contributed by atoms with E-state index in [0.717, 1.165) is 11.1 Å². The number of thiocarbonyl (C=S) groups is 1. The van der Waals surface area contributed by atoms with E-state index in [2.05, 4.69) is 0 Å². The van der Waals surface area contributed by atoms with Gasteiger partial charge in [-0.1, -0.05) is 84.6 Å². The monoisotopic (exact) mass is 424 g/mol. The zero-order valence-electron chi connectivity index (χ0n) is 16.8. The summed E-state index contributed by atoms with van der Waals surface area (Å²) in [6.07, 6.45) is 1.81. The molecule has 1 saturated heterocycles. The number of hydrogen-bond acceptors (Lipinski definition) is 4. The van der Waals surface area contributed by atoms with Gasteiger partial charge in [0.15, 0.2) is 0 Å². The molecule has 2 aromatic carbocycles.